The molecule has 1 amide bonds. The molecule has 0 aromatic heterocycles. The summed E-state index contributed by atoms with van der Waals surface area (Å²) in [6, 6.07) is 11.9. The van der Waals surface area contributed by atoms with Gasteiger partial charge >= 0.3 is 5.76 Å². The van der Waals surface area contributed by atoms with Crippen molar-refractivity contribution in [2.24, 2.45) is 0 Å². The average molecular weight is 340 g/mol. The van der Waals surface area contributed by atoms with Crippen LogP contribution in [0, 0.1) is 0 Å². The summed E-state index contributed by atoms with van der Waals surface area (Å²) in [5.74, 6) is -3.62. The molecule has 0 saturated heterocycles. The minimum atomic E-state index is -4.58. The minimum absolute atomic E-state index is 0.179. The van der Waals surface area contributed by atoms with E-state index in [-0.39, 0.29) is 5.91 Å². The Hall–Kier alpha value is -2.48. The predicted octanol–water partition coefficient (Wildman–Crippen LogP) is 3.38. The summed E-state index contributed by atoms with van der Waals surface area (Å²) in [5, 5.41) is 5.62. The number of sulfone groups is 1. The van der Waals surface area contributed by atoms with Gasteiger partial charge in [-0.1, -0.05) is 0 Å². The molecule has 0 saturated carbocycles. The van der Waals surface area contributed by atoms with Gasteiger partial charge in [-0.3, -0.25) is 4.79 Å². The van der Waals surface area contributed by atoms with Crippen LogP contribution >= 0.6 is 0 Å². The first-order valence-electron chi connectivity index (χ1n) is 6.56. The number of hydrogen-bond acceptors (Lipinski definition) is 4. The number of alkyl halides is 2. The Labute approximate surface area is 132 Å². The molecule has 122 valence electrons. The van der Waals surface area contributed by atoms with Crippen LogP contribution in [-0.2, 0) is 14.6 Å². The smallest absolute Gasteiger partial charge is 0.341 e. The maximum Gasteiger partial charge on any atom is 0.341 e. The highest BCUT2D eigenvalue weighted by Crippen LogP contribution is 2.23. The molecule has 8 heteroatoms. The van der Waals surface area contributed by atoms with Gasteiger partial charge in [0.1, 0.15) is 0 Å². The van der Waals surface area contributed by atoms with Crippen molar-refractivity contribution in [3.8, 4) is 0 Å². The fourth-order valence-electron chi connectivity index (χ4n) is 1.84. The summed E-state index contributed by atoms with van der Waals surface area (Å²) < 4.78 is 47.5. The van der Waals surface area contributed by atoms with Gasteiger partial charge in [-0.05, 0) is 48.5 Å². The van der Waals surface area contributed by atoms with Crippen LogP contribution in [-0.4, -0.2) is 20.1 Å². The molecule has 0 bridgehead atoms. The number of rotatable bonds is 5. The fraction of sp³-hybridized carbons (Fsp3) is 0.133. The predicted molar refractivity (Wildman–Crippen MR) is 83.7 cm³/mol. The lowest BCUT2D eigenvalue weighted by molar-refractivity contribution is -0.114. The van der Waals surface area contributed by atoms with E-state index < -0.39 is 20.5 Å². The molecule has 0 radical (unpaired) electrons. The Balaban J connectivity index is 2.11. The zero-order chi connectivity index (χ0) is 17.0. The molecule has 2 N–H and O–H groups in total. The number of amides is 1. The Morgan fingerprint density at radius 1 is 0.913 bits per heavy atom. The van der Waals surface area contributed by atoms with E-state index in [4.69, 9.17) is 0 Å². The summed E-state index contributed by atoms with van der Waals surface area (Å²) >= 11 is 0. The first-order valence-corrected chi connectivity index (χ1v) is 8.10. The van der Waals surface area contributed by atoms with Gasteiger partial charge in [0, 0.05) is 24.0 Å². The first-order chi connectivity index (χ1) is 10.8. The highest BCUT2D eigenvalue weighted by Gasteiger charge is 2.26. The van der Waals surface area contributed by atoms with Crippen LogP contribution in [0.3, 0.4) is 0 Å². The molecule has 0 aliphatic carbocycles. The zero-order valence-corrected chi connectivity index (χ0v) is 12.9. The lowest BCUT2D eigenvalue weighted by atomic mass is 10.2. The third kappa shape index (κ3) is 4.26. The molecule has 0 spiro atoms. The monoisotopic (exact) mass is 340 g/mol. The lowest BCUT2D eigenvalue weighted by Gasteiger charge is -2.09. The number of hydrogen-bond donors (Lipinski definition) is 2. The van der Waals surface area contributed by atoms with E-state index in [0.717, 1.165) is 12.1 Å². The van der Waals surface area contributed by atoms with Gasteiger partial charge in [0.05, 0.1) is 4.90 Å². The van der Waals surface area contributed by atoms with E-state index in [9.17, 15) is 22.0 Å². The van der Waals surface area contributed by atoms with Crippen molar-refractivity contribution < 1.29 is 22.0 Å². The Morgan fingerprint density at radius 2 is 1.35 bits per heavy atom. The van der Waals surface area contributed by atoms with Gasteiger partial charge in [0.25, 0.3) is 0 Å². The molecule has 0 heterocycles. The maximum atomic E-state index is 12.4. The molecule has 2 aromatic carbocycles. The van der Waals surface area contributed by atoms with Crippen LogP contribution in [0.4, 0.5) is 25.8 Å². The van der Waals surface area contributed by atoms with E-state index in [1.807, 2.05) is 0 Å². The van der Waals surface area contributed by atoms with E-state index in [2.05, 4.69) is 10.6 Å². The molecule has 0 atom stereocenters. The van der Waals surface area contributed by atoms with Crippen LogP contribution in [0.5, 0.6) is 0 Å². The van der Waals surface area contributed by atoms with Gasteiger partial charge < -0.3 is 10.6 Å². The van der Waals surface area contributed by atoms with Crippen molar-refractivity contribution in [2.75, 3.05) is 10.6 Å². The lowest BCUT2D eigenvalue weighted by Crippen LogP contribution is -2.11. The molecule has 2 aromatic rings. The molecule has 5 nitrogen and oxygen atoms in total. The fourth-order valence-corrected chi connectivity index (χ4v) is 2.56. The van der Waals surface area contributed by atoms with Crippen LogP contribution in [0.1, 0.15) is 6.92 Å². The van der Waals surface area contributed by atoms with E-state index in [0.29, 0.717) is 17.1 Å². The zero-order valence-electron chi connectivity index (χ0n) is 12.1. The van der Waals surface area contributed by atoms with E-state index >= 15 is 0 Å². The Kier molecular flexibility index (Phi) is 4.95. The van der Waals surface area contributed by atoms with Crippen molar-refractivity contribution in [1.82, 2.24) is 0 Å². The second-order valence-electron chi connectivity index (χ2n) is 4.71. The molecular formula is C15H14F2N2O3S. The van der Waals surface area contributed by atoms with Gasteiger partial charge in [-0.15, -0.1) is 0 Å². The summed E-state index contributed by atoms with van der Waals surface area (Å²) in [5.41, 5.74) is 1.88. The van der Waals surface area contributed by atoms with Gasteiger partial charge in [-0.2, -0.15) is 8.78 Å². The second-order valence-corrected chi connectivity index (χ2v) is 6.63. The third-order valence-corrected chi connectivity index (χ3v) is 4.31. The topological polar surface area (TPSA) is 75.3 Å². The number of carbonyl (C=O) groups is 1. The van der Waals surface area contributed by atoms with Gasteiger partial charge in [0.15, 0.2) is 0 Å². The molecular weight excluding hydrogens is 326 g/mol. The quantitative estimate of drug-likeness (QED) is 0.875. The maximum absolute atomic E-state index is 12.4. The van der Waals surface area contributed by atoms with Crippen molar-refractivity contribution in [3.63, 3.8) is 0 Å². The Bertz CT molecular complexity index is 788. The molecule has 23 heavy (non-hydrogen) atoms. The summed E-state index contributed by atoms with van der Waals surface area (Å²) in [6.07, 6.45) is 0. The van der Waals surface area contributed by atoms with Crippen LogP contribution in [0.15, 0.2) is 53.4 Å². The minimum Gasteiger partial charge on any atom is -0.356 e. The average Bonchev–Trinajstić information content (AvgIpc) is 2.49. The van der Waals surface area contributed by atoms with Crippen LogP contribution < -0.4 is 10.6 Å². The SMILES string of the molecule is CC(=O)Nc1ccc(Nc2ccc(S(=O)(=O)C(F)F)cc2)cc1. The molecule has 0 unspecified atom stereocenters. The Morgan fingerprint density at radius 3 is 1.78 bits per heavy atom. The van der Waals surface area contributed by atoms with Crippen molar-refractivity contribution in [2.45, 2.75) is 17.6 Å². The molecule has 0 fully saturated rings. The highest BCUT2D eigenvalue weighted by atomic mass is 32.2. The molecule has 0 aliphatic heterocycles. The summed E-state index contributed by atoms with van der Waals surface area (Å²) in [6.45, 7) is 1.40. The standard InChI is InChI=1S/C15H14F2N2O3S/c1-10(20)18-11-2-4-12(5-3-11)19-13-6-8-14(9-7-13)23(21,22)15(16)17/h2-9,15,19H,1H3,(H,18,20). The normalized spacial score (nSPS) is 11.3. The highest BCUT2D eigenvalue weighted by molar-refractivity contribution is 7.91. The number of halogens is 2. The largest absolute Gasteiger partial charge is 0.356 e. The van der Waals surface area contributed by atoms with Gasteiger partial charge in [0.2, 0.25) is 15.7 Å². The first kappa shape index (κ1) is 16.9. The summed E-state index contributed by atoms with van der Waals surface area (Å²) in [7, 11) is -4.58. The molecule has 0 aliphatic rings. The third-order valence-electron chi connectivity index (χ3n) is 2.91. The van der Waals surface area contributed by atoms with Crippen molar-refractivity contribution in [1.29, 1.82) is 0 Å². The number of benzene rings is 2. The van der Waals surface area contributed by atoms with Crippen molar-refractivity contribution >= 4 is 32.8 Å². The van der Waals surface area contributed by atoms with Crippen molar-refractivity contribution in [3.05, 3.63) is 48.5 Å². The number of nitrogens with one attached hydrogen (secondary N) is 2. The van der Waals surface area contributed by atoms with Gasteiger partial charge in [-0.25, -0.2) is 8.42 Å². The van der Waals surface area contributed by atoms with E-state index in [1.165, 1.54) is 19.1 Å². The van der Waals surface area contributed by atoms with E-state index in [1.54, 1.807) is 24.3 Å². The van der Waals surface area contributed by atoms with Crippen LogP contribution in [0.2, 0.25) is 0 Å². The molecule has 2 rings (SSSR count). The number of anilines is 3. The summed E-state index contributed by atoms with van der Waals surface area (Å²) in [4.78, 5) is 10.5. The van der Waals surface area contributed by atoms with Crippen LogP contribution in [0.25, 0.3) is 0 Å². The number of carbonyl (C=O) groups excluding carboxylic acids is 1. The second kappa shape index (κ2) is 6.74.